The van der Waals surface area contributed by atoms with E-state index in [2.05, 4.69) is 48.7 Å². The summed E-state index contributed by atoms with van der Waals surface area (Å²) in [6, 6.07) is 11.4. The van der Waals surface area contributed by atoms with Crippen LogP contribution in [0.5, 0.6) is 0 Å². The summed E-state index contributed by atoms with van der Waals surface area (Å²) in [6.07, 6.45) is 3.41. The van der Waals surface area contributed by atoms with Gasteiger partial charge in [0.1, 0.15) is 0 Å². The molecule has 3 heteroatoms. The number of hydrogen-bond donors (Lipinski definition) is 2. The molecule has 0 aromatic heterocycles. The summed E-state index contributed by atoms with van der Waals surface area (Å²) < 4.78 is 0. The smallest absolute Gasteiger partial charge is 0.224 e. The summed E-state index contributed by atoms with van der Waals surface area (Å²) in [4.78, 5) is 12.4. The Morgan fingerprint density at radius 2 is 2.05 bits per heavy atom. The van der Waals surface area contributed by atoms with Crippen LogP contribution in [-0.4, -0.2) is 24.5 Å². The Morgan fingerprint density at radius 1 is 1.30 bits per heavy atom. The topological polar surface area (TPSA) is 41.1 Å². The molecule has 0 spiro atoms. The van der Waals surface area contributed by atoms with Gasteiger partial charge < -0.3 is 10.6 Å². The number of carbonyl (C=O) groups excluding carboxylic acids is 1. The zero-order valence-electron chi connectivity index (χ0n) is 12.4. The fourth-order valence-corrected chi connectivity index (χ4v) is 3.54. The summed E-state index contributed by atoms with van der Waals surface area (Å²) in [5, 5.41) is 6.70. The fourth-order valence-electron chi connectivity index (χ4n) is 3.54. The molecular formula is C17H24N2O. The molecule has 108 valence electrons. The second-order valence-corrected chi connectivity index (χ2v) is 6.86. The molecule has 2 N–H and O–H groups in total. The van der Waals surface area contributed by atoms with Crippen molar-refractivity contribution in [3.05, 3.63) is 35.9 Å². The molecule has 1 amide bonds. The van der Waals surface area contributed by atoms with Crippen molar-refractivity contribution >= 4 is 5.91 Å². The molecule has 2 saturated heterocycles. The number of amides is 1. The molecule has 2 bridgehead atoms. The molecule has 3 atom stereocenters. The molecule has 20 heavy (non-hydrogen) atoms. The van der Waals surface area contributed by atoms with E-state index in [1.807, 2.05) is 6.07 Å². The first-order chi connectivity index (χ1) is 9.56. The molecular weight excluding hydrogens is 248 g/mol. The predicted octanol–water partition coefficient (Wildman–Crippen LogP) is 2.22. The predicted molar refractivity (Wildman–Crippen MR) is 80.5 cm³/mol. The Hall–Kier alpha value is -1.35. The van der Waals surface area contributed by atoms with Crippen molar-refractivity contribution in [2.75, 3.05) is 6.54 Å². The van der Waals surface area contributed by atoms with E-state index in [0.717, 1.165) is 12.8 Å². The summed E-state index contributed by atoms with van der Waals surface area (Å²) in [5.41, 5.74) is 1.24. The third-order valence-corrected chi connectivity index (χ3v) is 4.90. The second kappa shape index (κ2) is 5.21. The molecule has 0 aliphatic carbocycles. The molecule has 2 fully saturated rings. The Balaban J connectivity index is 1.58. The monoisotopic (exact) mass is 272 g/mol. The Morgan fingerprint density at radius 3 is 2.65 bits per heavy atom. The minimum absolute atomic E-state index is 0.0258. The van der Waals surface area contributed by atoms with Gasteiger partial charge in [-0.2, -0.15) is 0 Å². The lowest BCUT2D eigenvalue weighted by atomic mass is 9.84. The highest BCUT2D eigenvalue weighted by Gasteiger charge is 2.42. The van der Waals surface area contributed by atoms with Crippen molar-refractivity contribution in [2.24, 2.45) is 5.92 Å². The summed E-state index contributed by atoms with van der Waals surface area (Å²) in [6.45, 7) is 5.06. The molecule has 1 aromatic carbocycles. The molecule has 1 aromatic rings. The fraction of sp³-hybridized carbons (Fsp3) is 0.588. The van der Waals surface area contributed by atoms with Gasteiger partial charge in [0.25, 0.3) is 0 Å². The van der Waals surface area contributed by atoms with Gasteiger partial charge in [0.2, 0.25) is 5.91 Å². The average Bonchev–Trinajstić information content (AvgIpc) is 3.08. The minimum atomic E-state index is -0.0258. The van der Waals surface area contributed by atoms with Gasteiger partial charge in [-0.25, -0.2) is 0 Å². The maximum Gasteiger partial charge on any atom is 0.224 e. The number of fused-ring (bicyclic) bond motifs is 2. The van der Waals surface area contributed by atoms with Crippen LogP contribution in [-0.2, 0) is 10.2 Å². The van der Waals surface area contributed by atoms with E-state index in [9.17, 15) is 4.79 Å². The van der Waals surface area contributed by atoms with Gasteiger partial charge in [-0.3, -0.25) is 4.79 Å². The van der Waals surface area contributed by atoms with Crippen LogP contribution in [0.25, 0.3) is 0 Å². The van der Waals surface area contributed by atoms with E-state index in [1.165, 1.54) is 12.0 Å². The van der Waals surface area contributed by atoms with Crippen LogP contribution >= 0.6 is 0 Å². The lowest BCUT2D eigenvalue weighted by Crippen LogP contribution is -2.42. The maximum absolute atomic E-state index is 12.4. The van der Waals surface area contributed by atoms with Crippen LogP contribution in [0.4, 0.5) is 0 Å². The quantitative estimate of drug-likeness (QED) is 0.882. The van der Waals surface area contributed by atoms with Crippen molar-refractivity contribution in [1.82, 2.24) is 10.6 Å². The highest BCUT2D eigenvalue weighted by atomic mass is 16.1. The second-order valence-electron chi connectivity index (χ2n) is 6.86. The normalized spacial score (nSPS) is 28.6. The van der Waals surface area contributed by atoms with E-state index in [-0.39, 0.29) is 17.2 Å². The van der Waals surface area contributed by atoms with Gasteiger partial charge in [-0.1, -0.05) is 44.2 Å². The Kier molecular flexibility index (Phi) is 3.55. The molecule has 0 saturated carbocycles. The molecule has 3 rings (SSSR count). The Bertz CT molecular complexity index is 483. The SMILES string of the molecule is CC(C)(CNC(=O)C1CC2CCC1N2)c1ccccc1. The van der Waals surface area contributed by atoms with Crippen molar-refractivity contribution in [3.63, 3.8) is 0 Å². The third-order valence-electron chi connectivity index (χ3n) is 4.90. The van der Waals surface area contributed by atoms with Gasteiger partial charge >= 0.3 is 0 Å². The lowest BCUT2D eigenvalue weighted by molar-refractivity contribution is -0.125. The van der Waals surface area contributed by atoms with Crippen molar-refractivity contribution in [1.29, 1.82) is 0 Å². The van der Waals surface area contributed by atoms with Crippen molar-refractivity contribution in [3.8, 4) is 0 Å². The highest BCUT2D eigenvalue weighted by molar-refractivity contribution is 5.80. The molecule has 2 aliphatic heterocycles. The summed E-state index contributed by atoms with van der Waals surface area (Å²) >= 11 is 0. The summed E-state index contributed by atoms with van der Waals surface area (Å²) in [5.74, 6) is 0.411. The maximum atomic E-state index is 12.4. The first-order valence-corrected chi connectivity index (χ1v) is 7.65. The minimum Gasteiger partial charge on any atom is -0.355 e. The zero-order chi connectivity index (χ0) is 14.2. The third kappa shape index (κ3) is 2.59. The van der Waals surface area contributed by atoms with Gasteiger partial charge in [-0.15, -0.1) is 0 Å². The van der Waals surface area contributed by atoms with E-state index < -0.39 is 0 Å². The molecule has 3 nitrogen and oxygen atoms in total. The van der Waals surface area contributed by atoms with Gasteiger partial charge in [0.05, 0.1) is 5.92 Å². The van der Waals surface area contributed by atoms with Crippen molar-refractivity contribution < 1.29 is 4.79 Å². The first-order valence-electron chi connectivity index (χ1n) is 7.65. The van der Waals surface area contributed by atoms with Crippen LogP contribution < -0.4 is 10.6 Å². The van der Waals surface area contributed by atoms with Crippen LogP contribution in [0.3, 0.4) is 0 Å². The van der Waals surface area contributed by atoms with Gasteiger partial charge in [0.15, 0.2) is 0 Å². The highest BCUT2D eigenvalue weighted by Crippen LogP contribution is 2.33. The first kappa shape index (κ1) is 13.6. The Labute approximate surface area is 121 Å². The zero-order valence-corrected chi connectivity index (χ0v) is 12.4. The number of carbonyl (C=O) groups is 1. The average molecular weight is 272 g/mol. The van der Waals surface area contributed by atoms with Crippen LogP contribution in [0, 0.1) is 5.92 Å². The van der Waals surface area contributed by atoms with Crippen LogP contribution in [0.1, 0.15) is 38.7 Å². The van der Waals surface area contributed by atoms with Crippen LogP contribution in [0.15, 0.2) is 30.3 Å². The summed E-state index contributed by atoms with van der Waals surface area (Å²) in [7, 11) is 0. The van der Waals surface area contributed by atoms with E-state index in [0.29, 0.717) is 18.6 Å². The van der Waals surface area contributed by atoms with Crippen LogP contribution in [0.2, 0.25) is 0 Å². The lowest BCUT2D eigenvalue weighted by Gasteiger charge is -2.27. The molecule has 2 heterocycles. The van der Waals surface area contributed by atoms with Gasteiger partial charge in [0, 0.05) is 24.0 Å². The van der Waals surface area contributed by atoms with Crippen molar-refractivity contribution in [2.45, 2.75) is 50.6 Å². The van der Waals surface area contributed by atoms with E-state index in [1.54, 1.807) is 0 Å². The number of rotatable bonds is 4. The van der Waals surface area contributed by atoms with Gasteiger partial charge in [-0.05, 0) is 24.8 Å². The van der Waals surface area contributed by atoms with E-state index in [4.69, 9.17) is 0 Å². The molecule has 0 radical (unpaired) electrons. The molecule has 3 unspecified atom stereocenters. The standard InChI is InChI=1S/C17H24N2O/c1-17(2,12-6-4-3-5-7-12)11-18-16(20)14-10-13-8-9-15(14)19-13/h3-7,13-15,19H,8-11H2,1-2H3,(H,18,20). The number of nitrogens with one attached hydrogen (secondary N) is 2. The number of hydrogen-bond acceptors (Lipinski definition) is 2. The van der Waals surface area contributed by atoms with E-state index >= 15 is 0 Å². The molecule has 2 aliphatic rings. The number of benzene rings is 1. The largest absolute Gasteiger partial charge is 0.355 e.